The fourth-order valence-corrected chi connectivity index (χ4v) is 10.5. The van der Waals surface area contributed by atoms with E-state index in [-0.39, 0.29) is 22.3 Å². The minimum absolute atomic E-state index is 0.105. The van der Waals surface area contributed by atoms with Crippen LogP contribution in [0.4, 0.5) is 22.7 Å². The number of anilines is 4. The van der Waals surface area contributed by atoms with Crippen molar-refractivity contribution < 1.29 is 16.4 Å². The largest absolute Gasteiger partial charge is 0.377 e. The number of pyridine rings is 2. The molecule has 0 bridgehead atoms. The van der Waals surface area contributed by atoms with Gasteiger partial charge in [0.05, 0.1) is 0 Å². The summed E-state index contributed by atoms with van der Waals surface area (Å²) in [6, 6.07) is 23.3. The smallest absolute Gasteiger partial charge is 0.329 e. The van der Waals surface area contributed by atoms with Gasteiger partial charge < -0.3 is 9.62 Å². The van der Waals surface area contributed by atoms with Crippen molar-refractivity contribution in [1.82, 2.24) is 9.97 Å². The molecule has 0 atom stereocenters. The zero-order chi connectivity index (χ0) is 43.6. The van der Waals surface area contributed by atoms with Gasteiger partial charge in [-0.15, -0.1) is 0 Å². The first-order chi connectivity index (χ1) is 29.8. The van der Waals surface area contributed by atoms with Crippen LogP contribution in [0.1, 0.15) is 38.7 Å². The highest BCUT2D eigenvalue weighted by Gasteiger charge is 2.56. The number of rotatable bonds is 0. The molecule has 0 amide bonds. The van der Waals surface area contributed by atoms with Crippen LogP contribution in [0.5, 0.6) is 0 Å². The SMILES string of the molecule is [2H]C([2H])([2H])c1ccc2c(c1)B1c3ccncc3-c3cc4c5c6c3N1c1c(cc(C([2H])([2H])[2H])cc1-2)B6c1cc(C([2H])([2H])[2H])cc2c1N5B(c1cc(C([2H])([2H])[2H])ccc1-2)c1ccncc1-4. The normalized spacial score (nSPS) is 19.3. The Balaban J connectivity index is 1.26. The molecule has 234 valence electrons. The Bertz CT molecular complexity index is 3090. The molecule has 2 aromatic heterocycles. The van der Waals surface area contributed by atoms with Crippen molar-refractivity contribution in [3.05, 3.63) is 126 Å². The Kier molecular flexibility index (Phi) is 3.16. The molecule has 0 aliphatic carbocycles. The molecule has 0 saturated carbocycles. The summed E-state index contributed by atoms with van der Waals surface area (Å²) >= 11 is 0. The van der Waals surface area contributed by atoms with Crippen LogP contribution in [-0.2, 0) is 0 Å². The van der Waals surface area contributed by atoms with E-state index in [0.29, 0.717) is 44.1 Å². The molecule has 13 rings (SSSR count). The Morgan fingerprint density at radius 1 is 0.431 bits per heavy atom. The van der Waals surface area contributed by atoms with Gasteiger partial charge in [-0.3, -0.25) is 9.97 Å². The summed E-state index contributed by atoms with van der Waals surface area (Å²) in [6.07, 6.45) is 7.15. The average molecular weight is 658 g/mol. The fourth-order valence-electron chi connectivity index (χ4n) is 10.5. The third-order valence-corrected chi connectivity index (χ3v) is 12.1. The molecule has 5 aromatic carbocycles. The van der Waals surface area contributed by atoms with Gasteiger partial charge in [-0.05, 0) is 118 Å². The maximum atomic E-state index is 8.80. The molecule has 0 radical (unpaired) electrons. The first-order valence-electron chi connectivity index (χ1n) is 23.1. The summed E-state index contributed by atoms with van der Waals surface area (Å²) < 4.78 is 103. The quantitative estimate of drug-likeness (QED) is 0.222. The van der Waals surface area contributed by atoms with Crippen LogP contribution in [0.25, 0.3) is 44.5 Å². The molecule has 0 fully saturated rings. The maximum Gasteiger partial charge on any atom is 0.329 e. The summed E-state index contributed by atoms with van der Waals surface area (Å²) in [4.78, 5) is 13.8. The molecule has 6 aliphatic heterocycles. The summed E-state index contributed by atoms with van der Waals surface area (Å²) in [7, 11) is 0. The van der Waals surface area contributed by atoms with E-state index in [4.69, 9.17) is 16.4 Å². The van der Waals surface area contributed by atoms with Crippen molar-refractivity contribution in [2.75, 3.05) is 9.62 Å². The van der Waals surface area contributed by atoms with Crippen LogP contribution in [-0.4, -0.2) is 30.4 Å². The number of aromatic nitrogens is 2. The molecule has 4 nitrogen and oxygen atoms in total. The van der Waals surface area contributed by atoms with Crippen LogP contribution in [0.2, 0.25) is 0 Å². The number of benzene rings is 5. The van der Waals surface area contributed by atoms with Gasteiger partial charge >= 0.3 is 13.7 Å². The fraction of sp³-hybridized carbons (Fsp3) is 0.0909. The van der Waals surface area contributed by atoms with E-state index < -0.39 is 47.8 Å². The van der Waals surface area contributed by atoms with Crippen molar-refractivity contribution in [3.8, 4) is 44.5 Å². The number of hydrogen-bond donors (Lipinski definition) is 0. The van der Waals surface area contributed by atoms with Gasteiger partial charge in [0, 0.05) is 86.2 Å². The third-order valence-electron chi connectivity index (χ3n) is 12.1. The summed E-state index contributed by atoms with van der Waals surface area (Å²) in [5.74, 6) is 0. The molecular formula is C44H29B3N4. The number of fused-ring (bicyclic) bond motifs is 14. The van der Waals surface area contributed by atoms with Crippen LogP contribution in [0.3, 0.4) is 0 Å². The lowest BCUT2D eigenvalue weighted by atomic mass is 9.28. The highest BCUT2D eigenvalue weighted by atomic mass is 15.1. The van der Waals surface area contributed by atoms with Crippen molar-refractivity contribution in [2.45, 2.75) is 27.4 Å². The Morgan fingerprint density at radius 2 is 0.902 bits per heavy atom. The minimum Gasteiger partial charge on any atom is -0.377 e. The van der Waals surface area contributed by atoms with Crippen LogP contribution in [0, 0.1) is 27.4 Å². The molecule has 51 heavy (non-hydrogen) atoms. The van der Waals surface area contributed by atoms with Gasteiger partial charge in [0.25, 0.3) is 6.71 Å². The van der Waals surface area contributed by atoms with Crippen molar-refractivity contribution in [2.24, 2.45) is 0 Å². The lowest BCUT2D eigenvalue weighted by molar-refractivity contribution is 1.27. The molecule has 7 aromatic rings. The second kappa shape index (κ2) is 8.73. The van der Waals surface area contributed by atoms with Crippen LogP contribution < -0.4 is 47.9 Å². The Hall–Kier alpha value is -5.81. The van der Waals surface area contributed by atoms with Gasteiger partial charge in [0.2, 0.25) is 0 Å². The lowest BCUT2D eigenvalue weighted by Crippen LogP contribution is -2.72. The zero-order valence-electron chi connectivity index (χ0n) is 38.8. The molecule has 0 N–H and O–H groups in total. The van der Waals surface area contributed by atoms with Crippen molar-refractivity contribution in [3.63, 3.8) is 0 Å². The van der Waals surface area contributed by atoms with Gasteiger partial charge in [-0.25, -0.2) is 0 Å². The van der Waals surface area contributed by atoms with Gasteiger partial charge in [0.15, 0.2) is 0 Å². The second-order valence-corrected chi connectivity index (χ2v) is 14.5. The van der Waals surface area contributed by atoms with Crippen LogP contribution >= 0.6 is 0 Å². The first kappa shape index (κ1) is 18.4. The lowest BCUT2D eigenvalue weighted by Gasteiger charge is -2.55. The zero-order valence-corrected chi connectivity index (χ0v) is 26.8. The Morgan fingerprint density at radius 3 is 1.39 bits per heavy atom. The van der Waals surface area contributed by atoms with Gasteiger partial charge in [0.1, 0.15) is 0 Å². The summed E-state index contributed by atoms with van der Waals surface area (Å²) in [6.45, 7) is -11.7. The Labute approximate surface area is 315 Å². The van der Waals surface area contributed by atoms with Crippen molar-refractivity contribution in [1.29, 1.82) is 0 Å². The first-order valence-corrected chi connectivity index (χ1v) is 17.1. The average Bonchev–Trinajstić information content (AvgIpc) is 3.23. The number of aryl methyl sites for hydroxylation is 4. The van der Waals surface area contributed by atoms with Gasteiger partial charge in [-0.1, -0.05) is 70.8 Å². The van der Waals surface area contributed by atoms with E-state index in [1.165, 1.54) is 0 Å². The molecule has 0 saturated heterocycles. The predicted octanol–water partition coefficient (Wildman–Crippen LogP) is 4.66. The topological polar surface area (TPSA) is 32.3 Å². The van der Waals surface area contributed by atoms with E-state index in [2.05, 4.69) is 25.7 Å². The number of hydrogen-bond acceptors (Lipinski definition) is 4. The number of nitrogens with zero attached hydrogens (tertiary/aromatic N) is 4. The van der Waals surface area contributed by atoms with Gasteiger partial charge in [-0.2, -0.15) is 0 Å². The van der Waals surface area contributed by atoms with E-state index in [1.807, 2.05) is 24.5 Å². The predicted molar refractivity (Wildman–Crippen MR) is 215 cm³/mol. The molecule has 8 heterocycles. The minimum atomic E-state index is -2.54. The summed E-state index contributed by atoms with van der Waals surface area (Å²) in [5.41, 5.74) is 15.4. The monoisotopic (exact) mass is 658 g/mol. The molecule has 0 spiro atoms. The standard InChI is InChI=1S/C44H29B3N4/c1-22-5-7-26-28-13-24(3)17-38-41(28)50-43-30(32-20-48-11-9-34(32)46(50)36(26)15-22)19-31-33-21-49-12-10-35(33)47-37-16-23(2)6-8-27(37)29-14-25(4)18-39-42(29)51(47)44(31)40(43)45(38)39/h5-21H,1-4H3/i1D3,2D3,3D3,4D3. The van der Waals surface area contributed by atoms with E-state index in [0.717, 1.165) is 61.4 Å². The van der Waals surface area contributed by atoms with E-state index >= 15 is 0 Å². The maximum absolute atomic E-state index is 8.80. The molecule has 6 aliphatic rings. The highest BCUT2D eigenvalue weighted by molar-refractivity contribution is 7.05. The van der Waals surface area contributed by atoms with E-state index in [9.17, 15) is 0 Å². The van der Waals surface area contributed by atoms with Crippen molar-refractivity contribution >= 4 is 81.4 Å². The molecular weight excluding hydrogens is 617 g/mol. The highest BCUT2D eigenvalue weighted by Crippen LogP contribution is 2.55. The molecule has 0 unspecified atom stereocenters. The van der Waals surface area contributed by atoms with E-state index in [1.54, 1.807) is 73.1 Å². The third kappa shape index (κ3) is 2.99. The molecule has 7 heteroatoms. The second-order valence-electron chi connectivity index (χ2n) is 14.5. The van der Waals surface area contributed by atoms with Crippen LogP contribution in [0.15, 0.2) is 104 Å². The summed E-state index contributed by atoms with van der Waals surface area (Å²) in [5, 5.41) is 0.